The second kappa shape index (κ2) is 7.21. The molecule has 1 heterocycles. The van der Waals surface area contributed by atoms with E-state index in [0.29, 0.717) is 10.6 Å². The van der Waals surface area contributed by atoms with Gasteiger partial charge in [-0.25, -0.2) is 9.80 Å². The topological polar surface area (TPSA) is 108 Å². The molecule has 0 unspecified atom stereocenters. The van der Waals surface area contributed by atoms with Crippen LogP contribution < -0.4 is 10.6 Å². The summed E-state index contributed by atoms with van der Waals surface area (Å²) in [4.78, 5) is 45.5. The Morgan fingerprint density at radius 3 is 2.65 bits per heavy atom. The Bertz CT molecular complexity index is 720. The van der Waals surface area contributed by atoms with Crippen molar-refractivity contribution in [2.45, 2.75) is 0 Å². The van der Waals surface area contributed by atoms with Crippen LogP contribution in [0.3, 0.4) is 0 Å². The van der Waals surface area contributed by atoms with Crippen LogP contribution in [0.2, 0.25) is 10.0 Å². The van der Waals surface area contributed by atoms with Crippen molar-refractivity contribution in [2.75, 3.05) is 13.1 Å². The highest BCUT2D eigenvalue weighted by atomic mass is 35.5. The maximum atomic E-state index is 11.9. The molecule has 1 saturated heterocycles. The lowest BCUT2D eigenvalue weighted by molar-refractivity contribution is -0.118. The number of Topliss-reactive ketones (excluding diaryl/α,β-unsaturated/α-hetero) is 1. The van der Waals surface area contributed by atoms with Gasteiger partial charge < -0.3 is 5.32 Å². The van der Waals surface area contributed by atoms with Crippen LogP contribution in [0.4, 0.5) is 4.79 Å². The van der Waals surface area contributed by atoms with Crippen LogP contribution in [-0.4, -0.2) is 47.9 Å². The summed E-state index contributed by atoms with van der Waals surface area (Å²) in [5.41, 5.74) is 0.293. The van der Waals surface area contributed by atoms with E-state index in [-0.39, 0.29) is 23.9 Å². The van der Waals surface area contributed by atoms with Gasteiger partial charge in [0.2, 0.25) is 5.91 Å². The molecular formula is C13H10Cl2N4O4. The fourth-order valence-corrected chi connectivity index (χ4v) is 1.93. The van der Waals surface area contributed by atoms with Gasteiger partial charge in [0.05, 0.1) is 16.6 Å². The molecule has 0 aromatic heterocycles. The van der Waals surface area contributed by atoms with E-state index in [0.717, 1.165) is 11.2 Å². The van der Waals surface area contributed by atoms with Crippen LogP contribution in [-0.2, 0) is 9.59 Å². The zero-order valence-corrected chi connectivity index (χ0v) is 13.0. The lowest BCUT2D eigenvalue weighted by Gasteiger charge is -2.05. The molecular weight excluding hydrogens is 347 g/mol. The van der Waals surface area contributed by atoms with Crippen LogP contribution in [0.25, 0.3) is 0 Å². The number of imide groups is 1. The lowest BCUT2D eigenvalue weighted by atomic mass is 10.1. The molecule has 23 heavy (non-hydrogen) atoms. The van der Waals surface area contributed by atoms with E-state index in [4.69, 9.17) is 23.2 Å². The third-order valence-corrected chi connectivity index (χ3v) is 3.49. The van der Waals surface area contributed by atoms with Gasteiger partial charge in [-0.3, -0.25) is 19.7 Å². The van der Waals surface area contributed by atoms with Gasteiger partial charge in [-0.15, -0.1) is 0 Å². The number of carbonyl (C=O) groups is 4. The first kappa shape index (κ1) is 16.9. The predicted molar refractivity (Wildman–Crippen MR) is 82.5 cm³/mol. The van der Waals surface area contributed by atoms with Crippen LogP contribution in [0.15, 0.2) is 23.3 Å². The van der Waals surface area contributed by atoms with Crippen LogP contribution in [0.1, 0.15) is 10.4 Å². The predicted octanol–water partition coefficient (Wildman–Crippen LogP) is 0.830. The van der Waals surface area contributed by atoms with E-state index >= 15 is 0 Å². The van der Waals surface area contributed by atoms with Crippen molar-refractivity contribution in [2.24, 2.45) is 5.10 Å². The zero-order valence-electron chi connectivity index (χ0n) is 11.5. The van der Waals surface area contributed by atoms with Crippen LogP contribution in [0, 0.1) is 0 Å². The van der Waals surface area contributed by atoms with Gasteiger partial charge in [0.1, 0.15) is 12.8 Å². The van der Waals surface area contributed by atoms with E-state index in [1.165, 1.54) is 18.2 Å². The average molecular weight is 357 g/mol. The van der Waals surface area contributed by atoms with Gasteiger partial charge in [0, 0.05) is 5.56 Å². The second-order valence-electron chi connectivity index (χ2n) is 4.43. The standard InChI is InChI=1S/C13H10Cl2N4O4/c14-8-2-1-7(3-9(8)15)10(20)4-16-11(21)5-17-19-6-12(22)18-13(19)23/h1-3,5H,4,6H2,(H,16,21)(H,18,22,23)/b17-5+. The van der Waals surface area contributed by atoms with Crippen molar-refractivity contribution in [3.8, 4) is 0 Å². The van der Waals surface area contributed by atoms with Gasteiger partial charge in [-0.1, -0.05) is 23.2 Å². The highest BCUT2D eigenvalue weighted by Crippen LogP contribution is 2.22. The molecule has 8 nitrogen and oxygen atoms in total. The molecule has 2 rings (SSSR count). The normalized spacial score (nSPS) is 14.3. The Morgan fingerprint density at radius 2 is 2.04 bits per heavy atom. The molecule has 1 aliphatic rings. The Labute approximate surface area is 140 Å². The monoisotopic (exact) mass is 356 g/mol. The number of carbonyl (C=O) groups excluding carboxylic acids is 4. The Balaban J connectivity index is 1.86. The Kier molecular flexibility index (Phi) is 5.30. The van der Waals surface area contributed by atoms with Gasteiger partial charge in [0.25, 0.3) is 5.91 Å². The van der Waals surface area contributed by atoms with Crippen molar-refractivity contribution in [3.63, 3.8) is 0 Å². The third kappa shape index (κ3) is 4.51. The molecule has 0 aliphatic carbocycles. The minimum absolute atomic E-state index is 0.232. The zero-order chi connectivity index (χ0) is 17.0. The quantitative estimate of drug-likeness (QED) is 0.462. The van der Waals surface area contributed by atoms with Crippen molar-refractivity contribution in [1.82, 2.24) is 15.6 Å². The highest BCUT2D eigenvalue weighted by molar-refractivity contribution is 6.42. The van der Waals surface area contributed by atoms with E-state index in [2.05, 4.69) is 10.4 Å². The summed E-state index contributed by atoms with van der Waals surface area (Å²) in [6.07, 6.45) is 0.806. The Hall–Kier alpha value is -2.45. The minimum atomic E-state index is -0.717. The first-order valence-electron chi connectivity index (χ1n) is 6.28. The number of nitrogens with one attached hydrogen (secondary N) is 2. The first-order chi connectivity index (χ1) is 10.9. The SMILES string of the molecule is O=C(/C=N/N1CC(=O)NC1=O)NCC(=O)c1ccc(Cl)c(Cl)c1. The fraction of sp³-hybridized carbons (Fsp3) is 0.154. The lowest BCUT2D eigenvalue weighted by Crippen LogP contribution is -2.31. The molecule has 1 aromatic rings. The number of hydrazone groups is 1. The molecule has 1 aliphatic heterocycles. The molecule has 0 saturated carbocycles. The number of urea groups is 1. The minimum Gasteiger partial charge on any atom is -0.344 e. The number of benzene rings is 1. The van der Waals surface area contributed by atoms with Crippen molar-refractivity contribution in [1.29, 1.82) is 0 Å². The van der Waals surface area contributed by atoms with Gasteiger partial charge >= 0.3 is 6.03 Å². The number of amides is 4. The fourth-order valence-electron chi connectivity index (χ4n) is 1.63. The molecule has 120 valence electrons. The smallest absolute Gasteiger partial charge is 0.344 e. The van der Waals surface area contributed by atoms with Gasteiger partial charge in [-0.2, -0.15) is 5.10 Å². The highest BCUT2D eigenvalue weighted by Gasteiger charge is 2.26. The van der Waals surface area contributed by atoms with Crippen molar-refractivity contribution in [3.05, 3.63) is 33.8 Å². The van der Waals surface area contributed by atoms with Crippen molar-refractivity contribution >= 4 is 53.0 Å². The average Bonchev–Trinajstić information content (AvgIpc) is 2.83. The van der Waals surface area contributed by atoms with Gasteiger partial charge in [0.15, 0.2) is 5.78 Å². The second-order valence-corrected chi connectivity index (χ2v) is 5.24. The molecule has 4 amide bonds. The van der Waals surface area contributed by atoms with Crippen LogP contribution >= 0.6 is 23.2 Å². The number of hydrogen-bond donors (Lipinski definition) is 2. The van der Waals surface area contributed by atoms with E-state index in [1.807, 2.05) is 5.32 Å². The molecule has 0 radical (unpaired) electrons. The maximum absolute atomic E-state index is 11.9. The van der Waals surface area contributed by atoms with Gasteiger partial charge in [-0.05, 0) is 18.2 Å². The number of ketones is 1. The van der Waals surface area contributed by atoms with E-state index < -0.39 is 17.8 Å². The first-order valence-corrected chi connectivity index (χ1v) is 7.04. The molecule has 10 heteroatoms. The van der Waals surface area contributed by atoms with E-state index in [1.54, 1.807) is 0 Å². The largest absolute Gasteiger partial charge is 0.344 e. The molecule has 0 bridgehead atoms. The Morgan fingerprint density at radius 1 is 1.30 bits per heavy atom. The summed E-state index contributed by atoms with van der Waals surface area (Å²) in [5, 5.41) is 9.19. The molecule has 0 spiro atoms. The number of halogens is 2. The van der Waals surface area contributed by atoms with Crippen molar-refractivity contribution < 1.29 is 19.2 Å². The summed E-state index contributed by atoms with van der Waals surface area (Å²) in [6.45, 7) is -0.543. The molecule has 2 N–H and O–H groups in total. The maximum Gasteiger partial charge on any atom is 0.344 e. The van der Waals surface area contributed by atoms with E-state index in [9.17, 15) is 19.2 Å². The third-order valence-electron chi connectivity index (χ3n) is 2.75. The number of hydrogen-bond acceptors (Lipinski definition) is 5. The summed E-state index contributed by atoms with van der Waals surface area (Å²) in [7, 11) is 0. The molecule has 1 fully saturated rings. The number of rotatable bonds is 5. The van der Waals surface area contributed by atoms with Crippen LogP contribution in [0.5, 0.6) is 0 Å². The summed E-state index contributed by atoms with van der Waals surface area (Å²) in [5.74, 6) is -1.58. The molecule has 1 aromatic carbocycles. The summed E-state index contributed by atoms with van der Waals surface area (Å²) in [6, 6.07) is 3.64. The number of nitrogens with zero attached hydrogens (tertiary/aromatic N) is 2. The summed E-state index contributed by atoms with van der Waals surface area (Å²) >= 11 is 11.6. The molecule has 0 atom stereocenters. The summed E-state index contributed by atoms with van der Waals surface area (Å²) < 4.78 is 0.